The van der Waals surface area contributed by atoms with Crippen molar-refractivity contribution in [3.8, 4) is 66.8 Å². The van der Waals surface area contributed by atoms with Crippen LogP contribution in [0.2, 0.25) is 0 Å². The number of benzene rings is 15. The van der Waals surface area contributed by atoms with Crippen molar-refractivity contribution in [1.82, 2.24) is 0 Å². The van der Waals surface area contributed by atoms with Gasteiger partial charge in [-0.25, -0.2) is 0 Å². The summed E-state index contributed by atoms with van der Waals surface area (Å²) in [6.07, 6.45) is 0. The lowest BCUT2D eigenvalue weighted by Crippen LogP contribution is -2.28. The predicted molar refractivity (Wildman–Crippen MR) is 397 cm³/mol. The van der Waals surface area contributed by atoms with E-state index in [-0.39, 0.29) is 10.8 Å². The minimum Gasteiger partial charge on any atom is -0.455 e. The summed E-state index contributed by atoms with van der Waals surface area (Å²) in [5, 5.41) is 9.41. The van der Waals surface area contributed by atoms with Crippen LogP contribution in [0.1, 0.15) is 94.5 Å². The van der Waals surface area contributed by atoms with Crippen molar-refractivity contribution >= 4 is 65.4 Å². The van der Waals surface area contributed by atoms with Crippen LogP contribution in [0, 0.1) is 0 Å². The Labute approximate surface area is 557 Å². The van der Waals surface area contributed by atoms with Crippen LogP contribution in [0.25, 0.3) is 132 Å². The first-order chi connectivity index (χ1) is 47.1. The molecule has 2 heteroatoms. The molecule has 96 heavy (non-hydrogen) atoms. The van der Waals surface area contributed by atoms with Crippen LogP contribution in [-0.2, 0) is 21.7 Å². The van der Waals surface area contributed by atoms with Gasteiger partial charge in [-0.3, -0.25) is 0 Å². The standard InChI is InChI=1S/C94H62O2/c1-91(2)77-49-72-74-52-82-76(88-64-40-20-18-36-60(64)70(68-44-26-42-66-62-38-22-24-46-86(62)96-90(66)68)48-84(88)94(82,57-31-13-7-14-32-57)58-33-15-8-16-34-58)54-80(74)92(3,4)78(72)50-71(77)73-51-81-75(53-79(73)91)87-63-39-19-17-35-59(63)69(67-43-25-41-65-61-37-21-23-45-85(61)95-89(65)67)47-83(87)93(81,55-27-9-5-10-28-55)56-29-11-6-12-30-56/h5-54H,1-4H3. The van der Waals surface area contributed by atoms with Crippen molar-refractivity contribution in [3.05, 3.63) is 370 Å². The van der Waals surface area contributed by atoms with Crippen molar-refractivity contribution in [2.75, 3.05) is 0 Å². The Morgan fingerprint density at radius 2 is 0.469 bits per heavy atom. The molecule has 4 aliphatic carbocycles. The van der Waals surface area contributed by atoms with E-state index in [9.17, 15) is 0 Å². The highest BCUT2D eigenvalue weighted by Gasteiger charge is 2.53. The highest BCUT2D eigenvalue weighted by molar-refractivity contribution is 6.18. The van der Waals surface area contributed by atoms with Crippen molar-refractivity contribution in [3.63, 3.8) is 0 Å². The number of hydrogen-bond donors (Lipinski definition) is 0. The fourth-order valence-electron chi connectivity index (χ4n) is 19.0. The van der Waals surface area contributed by atoms with Gasteiger partial charge < -0.3 is 8.83 Å². The van der Waals surface area contributed by atoms with Crippen LogP contribution in [-0.4, -0.2) is 0 Å². The molecule has 4 aliphatic rings. The molecule has 0 saturated heterocycles. The highest BCUT2D eigenvalue weighted by Crippen LogP contribution is 2.66. The number of hydrogen-bond acceptors (Lipinski definition) is 2. The first-order valence-electron chi connectivity index (χ1n) is 33.9. The predicted octanol–water partition coefficient (Wildman–Crippen LogP) is 24.5. The zero-order valence-corrected chi connectivity index (χ0v) is 53.7. The number of fused-ring (bicyclic) bond motifs is 22. The fourth-order valence-corrected chi connectivity index (χ4v) is 19.0. The van der Waals surface area contributed by atoms with E-state index in [4.69, 9.17) is 8.83 Å². The van der Waals surface area contributed by atoms with E-state index < -0.39 is 10.8 Å². The van der Waals surface area contributed by atoms with Crippen LogP contribution >= 0.6 is 0 Å². The molecule has 0 spiro atoms. The van der Waals surface area contributed by atoms with Gasteiger partial charge in [-0.05, 0) is 205 Å². The summed E-state index contributed by atoms with van der Waals surface area (Å²) in [5.41, 5.74) is 32.1. The molecule has 21 rings (SSSR count). The Morgan fingerprint density at radius 1 is 0.198 bits per heavy atom. The average molecular weight is 1220 g/mol. The molecule has 0 fully saturated rings. The topological polar surface area (TPSA) is 26.3 Å². The third kappa shape index (κ3) is 6.75. The Hall–Kier alpha value is -11.6. The van der Waals surface area contributed by atoms with E-state index in [1.165, 1.54) is 144 Å². The average Bonchev–Trinajstić information content (AvgIpc) is 1.51. The molecule has 2 nitrogen and oxygen atoms in total. The van der Waals surface area contributed by atoms with Gasteiger partial charge in [0.05, 0.1) is 10.8 Å². The molecular weight excluding hydrogens is 1160 g/mol. The lowest BCUT2D eigenvalue weighted by Gasteiger charge is -2.34. The first kappa shape index (κ1) is 53.9. The summed E-state index contributed by atoms with van der Waals surface area (Å²) in [6, 6.07) is 115. The van der Waals surface area contributed by atoms with Gasteiger partial charge in [0.2, 0.25) is 0 Å². The SMILES string of the molecule is CC1(C)c2cc3c(cc2-c2cc4c(cc21)-c1c(cc(-c2cccc5c2oc2ccccc25)c2ccccc12)C4(c1ccccc1)c1ccccc1)C(C)(C)c1cc2c(cc1-3)C(c1ccccc1)(c1ccccc1)c1cc(-c3cccc4c3oc3ccccc34)c3ccccc3c1-2. The largest absolute Gasteiger partial charge is 0.455 e. The van der Waals surface area contributed by atoms with Crippen LogP contribution in [0.3, 0.4) is 0 Å². The number of para-hydroxylation sites is 4. The van der Waals surface area contributed by atoms with Gasteiger partial charge in [0.25, 0.3) is 0 Å². The maximum absolute atomic E-state index is 6.89. The van der Waals surface area contributed by atoms with Crippen molar-refractivity contribution < 1.29 is 8.83 Å². The second kappa shape index (κ2) is 19.1. The smallest absolute Gasteiger partial charge is 0.143 e. The van der Waals surface area contributed by atoms with E-state index in [0.717, 1.165) is 55.0 Å². The Balaban J connectivity index is 0.801. The molecule has 0 bridgehead atoms. The third-order valence-corrected chi connectivity index (χ3v) is 23.2. The van der Waals surface area contributed by atoms with Gasteiger partial charge in [-0.1, -0.05) is 270 Å². The molecular formula is C94H62O2. The summed E-state index contributed by atoms with van der Waals surface area (Å²) in [7, 11) is 0. The molecule has 0 saturated carbocycles. The molecule has 17 aromatic rings. The van der Waals surface area contributed by atoms with E-state index in [0.29, 0.717) is 0 Å². The Morgan fingerprint density at radius 3 is 0.823 bits per heavy atom. The van der Waals surface area contributed by atoms with Gasteiger partial charge in [0.1, 0.15) is 22.3 Å². The summed E-state index contributed by atoms with van der Waals surface area (Å²) >= 11 is 0. The molecule has 15 aromatic carbocycles. The van der Waals surface area contributed by atoms with Crippen LogP contribution in [0.4, 0.5) is 0 Å². The van der Waals surface area contributed by atoms with Gasteiger partial charge in [0, 0.05) is 43.5 Å². The molecule has 0 amide bonds. The first-order valence-corrected chi connectivity index (χ1v) is 33.9. The summed E-state index contributed by atoms with van der Waals surface area (Å²) in [6.45, 7) is 9.92. The number of rotatable bonds is 6. The minimum atomic E-state index is -0.686. The maximum atomic E-state index is 6.89. The lowest BCUT2D eigenvalue weighted by molar-refractivity contribution is 0.652. The molecule has 0 radical (unpaired) electrons. The maximum Gasteiger partial charge on any atom is 0.143 e. The molecule has 0 aliphatic heterocycles. The normalized spacial score (nSPS) is 15.2. The minimum absolute atomic E-state index is 0.359. The Kier molecular flexibility index (Phi) is 10.7. The zero-order chi connectivity index (χ0) is 63.6. The Bertz CT molecular complexity index is 5770. The molecule has 0 atom stereocenters. The van der Waals surface area contributed by atoms with Crippen molar-refractivity contribution in [1.29, 1.82) is 0 Å². The third-order valence-electron chi connectivity index (χ3n) is 23.2. The summed E-state index contributed by atoms with van der Waals surface area (Å²) in [4.78, 5) is 0. The van der Waals surface area contributed by atoms with Gasteiger partial charge in [-0.2, -0.15) is 0 Å². The van der Waals surface area contributed by atoms with Gasteiger partial charge >= 0.3 is 0 Å². The second-order valence-electron chi connectivity index (χ2n) is 28.4. The van der Waals surface area contributed by atoms with E-state index in [2.05, 4.69) is 331 Å². The van der Waals surface area contributed by atoms with Crippen LogP contribution in [0.5, 0.6) is 0 Å². The van der Waals surface area contributed by atoms with Crippen LogP contribution < -0.4 is 0 Å². The lowest BCUT2D eigenvalue weighted by atomic mass is 9.66. The van der Waals surface area contributed by atoms with Crippen molar-refractivity contribution in [2.45, 2.75) is 49.4 Å². The van der Waals surface area contributed by atoms with Gasteiger partial charge in [-0.15, -0.1) is 0 Å². The summed E-state index contributed by atoms with van der Waals surface area (Å²) < 4.78 is 13.8. The highest BCUT2D eigenvalue weighted by atomic mass is 16.3. The van der Waals surface area contributed by atoms with E-state index in [1.54, 1.807) is 0 Å². The quantitative estimate of drug-likeness (QED) is 0.166. The number of furan rings is 2. The molecule has 0 unspecified atom stereocenters. The molecule has 0 N–H and O–H groups in total. The van der Waals surface area contributed by atoms with Gasteiger partial charge in [0.15, 0.2) is 0 Å². The monoisotopic (exact) mass is 1220 g/mol. The zero-order valence-electron chi connectivity index (χ0n) is 53.7. The molecule has 2 heterocycles. The van der Waals surface area contributed by atoms with E-state index in [1.807, 2.05) is 0 Å². The fraction of sp³-hybridized carbons (Fsp3) is 0.0851. The summed E-state index contributed by atoms with van der Waals surface area (Å²) in [5.74, 6) is 0. The second-order valence-corrected chi connectivity index (χ2v) is 28.4. The van der Waals surface area contributed by atoms with Crippen LogP contribution in [0.15, 0.2) is 312 Å². The molecule has 450 valence electrons. The molecule has 2 aromatic heterocycles. The van der Waals surface area contributed by atoms with Crippen molar-refractivity contribution in [2.24, 2.45) is 0 Å². The van der Waals surface area contributed by atoms with E-state index >= 15 is 0 Å².